The van der Waals surface area contributed by atoms with E-state index in [0.29, 0.717) is 10.6 Å². The quantitative estimate of drug-likeness (QED) is 0.585. The predicted octanol–water partition coefficient (Wildman–Crippen LogP) is 4.03. The Morgan fingerprint density at radius 1 is 1.11 bits per heavy atom. The van der Waals surface area contributed by atoms with Gasteiger partial charge in [0, 0.05) is 32.2 Å². The van der Waals surface area contributed by atoms with Crippen molar-refractivity contribution in [1.82, 2.24) is 13.9 Å². The van der Waals surface area contributed by atoms with Crippen LogP contribution in [-0.2, 0) is 15.8 Å². The molecule has 0 spiro atoms. The summed E-state index contributed by atoms with van der Waals surface area (Å²) in [5, 5.41) is 0.878. The van der Waals surface area contributed by atoms with E-state index in [1.165, 1.54) is 29.5 Å². The highest BCUT2D eigenvalue weighted by atomic mass is 32.2. The van der Waals surface area contributed by atoms with Crippen LogP contribution in [0, 0.1) is 13.8 Å². The fourth-order valence-electron chi connectivity index (χ4n) is 2.81. The van der Waals surface area contributed by atoms with Crippen molar-refractivity contribution < 1.29 is 8.42 Å². The van der Waals surface area contributed by atoms with Gasteiger partial charge < -0.3 is 0 Å². The maximum atomic E-state index is 12.3. The number of aryl methyl sites for hydroxylation is 2. The molecule has 142 valence electrons. The minimum Gasteiger partial charge on any atom is -0.295 e. The van der Waals surface area contributed by atoms with Crippen molar-refractivity contribution in [3.8, 4) is 5.69 Å². The van der Waals surface area contributed by atoms with E-state index in [-0.39, 0.29) is 0 Å². The summed E-state index contributed by atoms with van der Waals surface area (Å²) in [7, 11) is -0.351. The van der Waals surface area contributed by atoms with Gasteiger partial charge >= 0.3 is 0 Å². The van der Waals surface area contributed by atoms with Crippen molar-refractivity contribution in [2.75, 3.05) is 14.1 Å². The molecule has 5 nitrogen and oxygen atoms in total. The van der Waals surface area contributed by atoms with Crippen LogP contribution in [0.15, 0.2) is 64.9 Å². The lowest BCUT2D eigenvalue weighted by Gasteiger charge is -2.13. The second-order valence-corrected chi connectivity index (χ2v) is 9.69. The summed E-state index contributed by atoms with van der Waals surface area (Å²) >= 11 is 1.59. The van der Waals surface area contributed by atoms with E-state index in [0.717, 1.165) is 16.4 Å². The Morgan fingerprint density at radius 2 is 1.89 bits per heavy atom. The van der Waals surface area contributed by atoms with Gasteiger partial charge in [0.15, 0.2) is 5.16 Å². The minimum atomic E-state index is -3.43. The summed E-state index contributed by atoms with van der Waals surface area (Å²) in [5.74, 6) is 0.638. The summed E-state index contributed by atoms with van der Waals surface area (Å²) in [6, 6.07) is 13.4. The van der Waals surface area contributed by atoms with Gasteiger partial charge in [-0.2, -0.15) is 0 Å². The average molecular weight is 402 g/mol. The zero-order valence-electron chi connectivity index (χ0n) is 15.9. The third-order valence-electron chi connectivity index (χ3n) is 4.26. The predicted molar refractivity (Wildman–Crippen MR) is 110 cm³/mol. The molecule has 0 fully saturated rings. The van der Waals surface area contributed by atoms with E-state index in [9.17, 15) is 8.42 Å². The van der Waals surface area contributed by atoms with Crippen molar-refractivity contribution in [3.05, 3.63) is 71.5 Å². The van der Waals surface area contributed by atoms with Crippen LogP contribution in [0.1, 0.15) is 16.7 Å². The number of sulfonamides is 1. The van der Waals surface area contributed by atoms with Crippen LogP contribution < -0.4 is 0 Å². The molecule has 1 aromatic heterocycles. The molecule has 1 heterocycles. The highest BCUT2D eigenvalue weighted by molar-refractivity contribution is 7.98. The lowest BCUT2D eigenvalue weighted by atomic mass is 10.1. The van der Waals surface area contributed by atoms with Crippen LogP contribution in [0.3, 0.4) is 0 Å². The minimum absolute atomic E-state index is 0.309. The summed E-state index contributed by atoms with van der Waals surface area (Å²) in [4.78, 5) is 4.78. The molecule has 3 rings (SSSR count). The fraction of sp³-hybridized carbons (Fsp3) is 0.250. The molecular weight excluding hydrogens is 378 g/mol. The average Bonchev–Trinajstić information content (AvgIpc) is 3.08. The van der Waals surface area contributed by atoms with Crippen molar-refractivity contribution in [1.29, 1.82) is 0 Å². The molecule has 27 heavy (non-hydrogen) atoms. The van der Waals surface area contributed by atoms with E-state index < -0.39 is 10.0 Å². The number of aromatic nitrogens is 2. The van der Waals surface area contributed by atoms with Gasteiger partial charge in [-0.25, -0.2) is 17.7 Å². The zero-order valence-corrected chi connectivity index (χ0v) is 17.5. The molecule has 0 atom stereocenters. The van der Waals surface area contributed by atoms with Crippen LogP contribution in [0.25, 0.3) is 5.69 Å². The van der Waals surface area contributed by atoms with Gasteiger partial charge in [0.1, 0.15) is 0 Å². The van der Waals surface area contributed by atoms with E-state index in [2.05, 4.69) is 41.6 Å². The van der Waals surface area contributed by atoms with Crippen LogP contribution in [-0.4, -0.2) is 36.4 Å². The maximum absolute atomic E-state index is 12.3. The van der Waals surface area contributed by atoms with E-state index >= 15 is 0 Å². The van der Waals surface area contributed by atoms with Crippen molar-refractivity contribution in [3.63, 3.8) is 0 Å². The fourth-order valence-corrected chi connectivity index (χ4v) is 4.69. The van der Waals surface area contributed by atoms with Crippen LogP contribution in [0.5, 0.6) is 0 Å². The number of hydrogen-bond donors (Lipinski definition) is 0. The van der Waals surface area contributed by atoms with E-state index in [4.69, 9.17) is 0 Å². The highest BCUT2D eigenvalue weighted by Crippen LogP contribution is 2.27. The van der Waals surface area contributed by atoms with Gasteiger partial charge in [-0.15, -0.1) is 0 Å². The second-order valence-electron chi connectivity index (χ2n) is 6.59. The molecule has 0 aliphatic rings. The van der Waals surface area contributed by atoms with Crippen LogP contribution >= 0.6 is 11.8 Å². The monoisotopic (exact) mass is 401 g/mol. The van der Waals surface area contributed by atoms with Gasteiger partial charge in [0.05, 0.1) is 10.6 Å². The largest absolute Gasteiger partial charge is 0.295 e. The van der Waals surface area contributed by atoms with Gasteiger partial charge in [-0.3, -0.25) is 4.57 Å². The van der Waals surface area contributed by atoms with E-state index in [1.807, 2.05) is 12.3 Å². The molecule has 0 amide bonds. The third kappa shape index (κ3) is 4.26. The molecule has 3 aromatic rings. The number of benzene rings is 2. The van der Waals surface area contributed by atoms with Crippen molar-refractivity contribution in [2.24, 2.45) is 0 Å². The maximum Gasteiger partial charge on any atom is 0.242 e. The van der Waals surface area contributed by atoms with Crippen LogP contribution in [0.4, 0.5) is 0 Å². The van der Waals surface area contributed by atoms with Gasteiger partial charge in [0.25, 0.3) is 0 Å². The van der Waals surface area contributed by atoms with Gasteiger partial charge in [0.2, 0.25) is 10.0 Å². The Hall–Kier alpha value is -2.09. The first kappa shape index (κ1) is 19.7. The Balaban J connectivity index is 1.82. The molecule has 2 aromatic carbocycles. The van der Waals surface area contributed by atoms with Gasteiger partial charge in [-0.1, -0.05) is 41.6 Å². The van der Waals surface area contributed by atoms with Crippen LogP contribution in [0.2, 0.25) is 0 Å². The summed E-state index contributed by atoms with van der Waals surface area (Å²) in [6.45, 7) is 4.17. The Labute approximate surface area is 165 Å². The Bertz CT molecular complexity index is 1060. The normalized spacial score (nSPS) is 11.9. The SMILES string of the molecule is Cc1ccc(-n2ccnc2SCc2cccc(S(=O)(=O)N(C)C)c2)c(C)c1. The number of thioether (sulfide) groups is 1. The molecule has 0 saturated carbocycles. The summed E-state index contributed by atoms with van der Waals surface area (Å²) in [6.07, 6.45) is 3.74. The summed E-state index contributed by atoms with van der Waals surface area (Å²) < 4.78 is 27.9. The first-order chi connectivity index (χ1) is 12.8. The molecule has 0 saturated heterocycles. The third-order valence-corrected chi connectivity index (χ3v) is 7.11. The first-order valence-electron chi connectivity index (χ1n) is 8.54. The Kier molecular flexibility index (Phi) is 5.74. The topological polar surface area (TPSA) is 55.2 Å². The summed E-state index contributed by atoms with van der Waals surface area (Å²) in [5.41, 5.74) is 4.46. The smallest absolute Gasteiger partial charge is 0.242 e. The first-order valence-corrected chi connectivity index (χ1v) is 11.0. The van der Waals surface area contributed by atoms with E-state index in [1.54, 1.807) is 36.2 Å². The number of imidazole rings is 1. The molecule has 0 N–H and O–H groups in total. The lowest BCUT2D eigenvalue weighted by Crippen LogP contribution is -2.22. The van der Waals surface area contributed by atoms with Crippen molar-refractivity contribution in [2.45, 2.75) is 29.7 Å². The standard InChI is InChI=1S/C20H23N3O2S2/c1-15-8-9-19(16(2)12-15)23-11-10-21-20(23)26-14-17-6-5-7-18(13-17)27(24,25)22(3)4/h5-13H,14H2,1-4H3. The molecule has 0 aliphatic heterocycles. The van der Waals surface area contributed by atoms with Gasteiger partial charge in [-0.05, 0) is 43.2 Å². The number of nitrogens with zero attached hydrogens (tertiary/aromatic N) is 3. The zero-order chi connectivity index (χ0) is 19.6. The molecule has 0 bridgehead atoms. The number of rotatable bonds is 6. The molecule has 7 heteroatoms. The second kappa shape index (κ2) is 7.88. The Morgan fingerprint density at radius 3 is 2.59 bits per heavy atom. The molecule has 0 unspecified atom stereocenters. The molecule has 0 radical (unpaired) electrons. The molecular formula is C20H23N3O2S2. The molecule has 0 aliphatic carbocycles. The highest BCUT2D eigenvalue weighted by Gasteiger charge is 2.17. The number of hydrogen-bond acceptors (Lipinski definition) is 4. The lowest BCUT2D eigenvalue weighted by molar-refractivity contribution is 0.520. The van der Waals surface area contributed by atoms with Crippen molar-refractivity contribution >= 4 is 21.8 Å².